The highest BCUT2D eigenvalue weighted by atomic mass is 16.5. The van der Waals surface area contributed by atoms with Crippen LogP contribution in [0.2, 0.25) is 0 Å². The lowest BCUT2D eigenvalue weighted by atomic mass is 9.91. The van der Waals surface area contributed by atoms with Gasteiger partial charge in [0.25, 0.3) is 0 Å². The maximum Gasteiger partial charge on any atom is 0.128 e. The van der Waals surface area contributed by atoms with Gasteiger partial charge in [0.05, 0.1) is 6.61 Å². The van der Waals surface area contributed by atoms with Gasteiger partial charge in [-0.05, 0) is 61.4 Å². The number of hydrogen-bond acceptors (Lipinski definition) is 2. The van der Waals surface area contributed by atoms with Gasteiger partial charge in [0.2, 0.25) is 0 Å². The van der Waals surface area contributed by atoms with Gasteiger partial charge >= 0.3 is 0 Å². The monoisotopic (exact) mass is 282 g/mol. The summed E-state index contributed by atoms with van der Waals surface area (Å²) in [6.45, 7) is 6.98. The molecule has 1 unspecified atom stereocenters. The average molecular weight is 282 g/mol. The first-order valence-corrected chi connectivity index (χ1v) is 7.58. The lowest BCUT2D eigenvalue weighted by Gasteiger charge is -2.24. The SMILES string of the molecule is Cc1cc(C)c(C(O)c2cccc3c2OCCC3)cc1C. The van der Waals surface area contributed by atoms with Crippen LogP contribution in [-0.2, 0) is 6.42 Å². The Morgan fingerprint density at radius 3 is 2.57 bits per heavy atom. The van der Waals surface area contributed by atoms with E-state index in [0.29, 0.717) is 0 Å². The van der Waals surface area contributed by atoms with Crippen LogP contribution in [0.3, 0.4) is 0 Å². The van der Waals surface area contributed by atoms with Crippen molar-refractivity contribution in [3.05, 3.63) is 63.7 Å². The van der Waals surface area contributed by atoms with Gasteiger partial charge in [-0.25, -0.2) is 0 Å². The summed E-state index contributed by atoms with van der Waals surface area (Å²) in [4.78, 5) is 0. The molecule has 0 bridgehead atoms. The molecule has 110 valence electrons. The molecule has 1 heterocycles. The average Bonchev–Trinajstić information content (AvgIpc) is 2.49. The third kappa shape index (κ3) is 2.56. The highest BCUT2D eigenvalue weighted by Gasteiger charge is 2.22. The van der Waals surface area contributed by atoms with Gasteiger partial charge in [0.1, 0.15) is 11.9 Å². The largest absolute Gasteiger partial charge is 0.493 e. The number of ether oxygens (including phenoxy) is 1. The first-order chi connectivity index (χ1) is 10.1. The van der Waals surface area contributed by atoms with Crippen molar-refractivity contribution < 1.29 is 9.84 Å². The molecule has 0 amide bonds. The molecule has 0 saturated heterocycles. The minimum Gasteiger partial charge on any atom is -0.493 e. The molecule has 2 nitrogen and oxygen atoms in total. The third-order valence-electron chi connectivity index (χ3n) is 4.44. The molecule has 0 radical (unpaired) electrons. The van der Waals surface area contributed by atoms with Crippen LogP contribution in [-0.4, -0.2) is 11.7 Å². The minimum absolute atomic E-state index is 0.627. The second kappa shape index (κ2) is 5.53. The van der Waals surface area contributed by atoms with E-state index in [2.05, 4.69) is 39.0 Å². The summed E-state index contributed by atoms with van der Waals surface area (Å²) in [5.74, 6) is 0.883. The number of benzene rings is 2. The van der Waals surface area contributed by atoms with E-state index in [1.54, 1.807) is 0 Å². The summed E-state index contributed by atoms with van der Waals surface area (Å²) in [6, 6.07) is 10.3. The van der Waals surface area contributed by atoms with E-state index in [9.17, 15) is 5.11 Å². The molecule has 21 heavy (non-hydrogen) atoms. The molecule has 1 atom stereocenters. The van der Waals surface area contributed by atoms with Crippen molar-refractivity contribution in [1.29, 1.82) is 0 Å². The maximum atomic E-state index is 10.9. The number of aliphatic hydroxyl groups is 1. The fourth-order valence-corrected chi connectivity index (χ4v) is 3.07. The van der Waals surface area contributed by atoms with Gasteiger partial charge in [0, 0.05) is 5.56 Å². The van der Waals surface area contributed by atoms with Crippen LogP contribution in [0.15, 0.2) is 30.3 Å². The summed E-state index contributed by atoms with van der Waals surface area (Å²) in [7, 11) is 0. The molecule has 0 fully saturated rings. The molecule has 2 aromatic carbocycles. The molecule has 0 saturated carbocycles. The zero-order valence-electron chi connectivity index (χ0n) is 12.9. The van der Waals surface area contributed by atoms with Crippen LogP contribution >= 0.6 is 0 Å². The Hall–Kier alpha value is -1.80. The number of aliphatic hydroxyl groups excluding tert-OH is 1. The first-order valence-electron chi connectivity index (χ1n) is 7.58. The predicted molar refractivity (Wildman–Crippen MR) is 85.0 cm³/mol. The molecule has 0 aliphatic carbocycles. The number of aryl methyl sites for hydroxylation is 4. The topological polar surface area (TPSA) is 29.5 Å². The van der Waals surface area contributed by atoms with Gasteiger partial charge < -0.3 is 9.84 Å². The molecule has 1 aliphatic heterocycles. The summed E-state index contributed by atoms with van der Waals surface area (Å²) < 4.78 is 5.83. The van der Waals surface area contributed by atoms with Crippen LogP contribution in [0.4, 0.5) is 0 Å². The number of fused-ring (bicyclic) bond motifs is 1. The second-order valence-corrected chi connectivity index (χ2v) is 5.98. The van der Waals surface area contributed by atoms with E-state index >= 15 is 0 Å². The lowest BCUT2D eigenvalue weighted by molar-refractivity contribution is 0.206. The van der Waals surface area contributed by atoms with Crippen LogP contribution in [0.5, 0.6) is 5.75 Å². The Balaban J connectivity index is 2.07. The van der Waals surface area contributed by atoms with Crippen molar-refractivity contribution in [2.24, 2.45) is 0 Å². The lowest BCUT2D eigenvalue weighted by Crippen LogP contribution is -2.13. The molecular formula is C19H22O2. The quantitative estimate of drug-likeness (QED) is 0.901. The smallest absolute Gasteiger partial charge is 0.128 e. The number of rotatable bonds is 2. The third-order valence-corrected chi connectivity index (χ3v) is 4.44. The molecule has 1 N–H and O–H groups in total. The Labute approximate surface area is 126 Å². The van der Waals surface area contributed by atoms with Crippen LogP contribution in [0, 0.1) is 20.8 Å². The fourth-order valence-electron chi connectivity index (χ4n) is 3.07. The van der Waals surface area contributed by atoms with E-state index in [0.717, 1.165) is 41.9 Å². The molecule has 1 aliphatic rings. The molecule has 0 spiro atoms. The van der Waals surface area contributed by atoms with E-state index in [1.807, 2.05) is 12.1 Å². The maximum absolute atomic E-state index is 10.9. The zero-order valence-corrected chi connectivity index (χ0v) is 12.9. The van der Waals surface area contributed by atoms with Crippen molar-refractivity contribution in [2.75, 3.05) is 6.61 Å². The predicted octanol–water partition coefficient (Wildman–Crippen LogP) is 4.02. The van der Waals surface area contributed by atoms with Crippen molar-refractivity contribution in [1.82, 2.24) is 0 Å². The zero-order chi connectivity index (χ0) is 15.0. The summed E-state index contributed by atoms with van der Waals surface area (Å²) in [5.41, 5.74) is 6.66. The molecule has 0 aromatic heterocycles. The Morgan fingerprint density at radius 1 is 1.00 bits per heavy atom. The highest BCUT2D eigenvalue weighted by Crippen LogP contribution is 2.37. The molecule has 2 aromatic rings. The Kier molecular flexibility index (Phi) is 3.73. The van der Waals surface area contributed by atoms with Gasteiger partial charge in [-0.1, -0.05) is 30.3 Å². The van der Waals surface area contributed by atoms with Crippen LogP contribution in [0.1, 0.15) is 45.9 Å². The summed E-state index contributed by atoms with van der Waals surface area (Å²) >= 11 is 0. The molecule has 3 rings (SSSR count). The van der Waals surface area contributed by atoms with Crippen molar-refractivity contribution in [2.45, 2.75) is 39.7 Å². The van der Waals surface area contributed by atoms with E-state index in [4.69, 9.17) is 4.74 Å². The number of hydrogen-bond donors (Lipinski definition) is 1. The van der Waals surface area contributed by atoms with Gasteiger partial charge in [-0.15, -0.1) is 0 Å². The Morgan fingerprint density at radius 2 is 1.76 bits per heavy atom. The normalized spacial score (nSPS) is 15.2. The van der Waals surface area contributed by atoms with E-state index in [1.165, 1.54) is 16.7 Å². The van der Waals surface area contributed by atoms with Crippen LogP contribution in [0.25, 0.3) is 0 Å². The second-order valence-electron chi connectivity index (χ2n) is 5.98. The van der Waals surface area contributed by atoms with Gasteiger partial charge in [-0.2, -0.15) is 0 Å². The van der Waals surface area contributed by atoms with E-state index < -0.39 is 6.10 Å². The summed E-state index contributed by atoms with van der Waals surface area (Å²) in [5, 5.41) is 10.9. The molecular weight excluding hydrogens is 260 g/mol. The summed E-state index contributed by atoms with van der Waals surface area (Å²) in [6.07, 6.45) is 1.45. The number of para-hydroxylation sites is 1. The standard InChI is InChI=1S/C19H22O2/c1-12-10-14(3)17(11-13(12)2)18(20)16-8-4-6-15-7-5-9-21-19(15)16/h4,6,8,10-11,18,20H,5,7,9H2,1-3H3. The fraction of sp³-hybridized carbons (Fsp3) is 0.368. The molecule has 2 heteroatoms. The van der Waals surface area contributed by atoms with Crippen molar-refractivity contribution in [3.8, 4) is 5.75 Å². The van der Waals surface area contributed by atoms with E-state index in [-0.39, 0.29) is 0 Å². The van der Waals surface area contributed by atoms with Crippen molar-refractivity contribution in [3.63, 3.8) is 0 Å². The van der Waals surface area contributed by atoms with Gasteiger partial charge in [-0.3, -0.25) is 0 Å². The highest BCUT2D eigenvalue weighted by molar-refractivity contribution is 5.49. The first kappa shape index (κ1) is 14.2. The minimum atomic E-state index is -0.627. The van der Waals surface area contributed by atoms with Crippen molar-refractivity contribution >= 4 is 0 Å². The van der Waals surface area contributed by atoms with Gasteiger partial charge in [0.15, 0.2) is 0 Å². The van der Waals surface area contributed by atoms with Crippen LogP contribution < -0.4 is 4.74 Å². The Bertz CT molecular complexity index is 674.